The van der Waals surface area contributed by atoms with Crippen molar-refractivity contribution in [3.63, 3.8) is 0 Å². The van der Waals surface area contributed by atoms with Crippen LogP contribution >= 0.6 is 0 Å². The third-order valence-electron chi connectivity index (χ3n) is 5.87. The number of carboxylic acid groups (broad SMARTS) is 1. The van der Waals surface area contributed by atoms with Gasteiger partial charge in [-0.2, -0.15) is 5.26 Å². The zero-order valence-corrected chi connectivity index (χ0v) is 15.4. The summed E-state index contributed by atoms with van der Waals surface area (Å²) >= 11 is 0. The van der Waals surface area contributed by atoms with E-state index in [2.05, 4.69) is 6.07 Å². The van der Waals surface area contributed by atoms with E-state index in [0.29, 0.717) is 27.7 Å². The minimum atomic E-state index is -1.45. The summed E-state index contributed by atoms with van der Waals surface area (Å²) in [5.41, 5.74) is 2.12. The molecule has 1 N–H and O–H groups in total. The highest BCUT2D eigenvalue weighted by atomic mass is 16.4. The summed E-state index contributed by atoms with van der Waals surface area (Å²) in [7, 11) is 0. The summed E-state index contributed by atoms with van der Waals surface area (Å²) in [4.78, 5) is 25.5. The number of aliphatic carboxylic acids is 1. The highest BCUT2D eigenvalue weighted by molar-refractivity contribution is 6.10. The number of benzene rings is 2. The topological polar surface area (TPSA) is 118 Å². The highest BCUT2D eigenvalue weighted by Gasteiger charge is 2.55. The van der Waals surface area contributed by atoms with Crippen molar-refractivity contribution in [1.29, 1.82) is 5.26 Å². The van der Waals surface area contributed by atoms with Gasteiger partial charge in [-0.05, 0) is 42.7 Å². The van der Waals surface area contributed by atoms with E-state index in [4.69, 9.17) is 4.42 Å². The standard InChI is InChI=1S/C22H16N2O5/c1-10(25)18-16-8-14(19(22(27)28)24(16)21(18)26)11-6-12(9-23)20-15(7-11)13-4-2-3-5-17(13)29-20/h2-7,10,16,18,25H,8H2,1H3,(H,27,28)/p-1/t10-,16-,18-/m1/s1. The molecule has 3 heterocycles. The van der Waals surface area contributed by atoms with Crippen LogP contribution in [0.5, 0.6) is 0 Å². The summed E-state index contributed by atoms with van der Waals surface area (Å²) in [5.74, 6) is -2.51. The molecule has 7 heteroatoms. The Morgan fingerprint density at radius 3 is 2.79 bits per heavy atom. The van der Waals surface area contributed by atoms with Crippen LogP contribution in [0.2, 0.25) is 0 Å². The smallest absolute Gasteiger partial charge is 0.235 e. The molecule has 5 rings (SSSR count). The number of carbonyl (C=O) groups excluding carboxylic acids is 2. The van der Waals surface area contributed by atoms with E-state index in [1.54, 1.807) is 18.2 Å². The molecule has 29 heavy (non-hydrogen) atoms. The van der Waals surface area contributed by atoms with Crippen LogP contribution in [-0.2, 0) is 9.59 Å². The zero-order valence-electron chi connectivity index (χ0n) is 15.4. The molecule has 3 atom stereocenters. The van der Waals surface area contributed by atoms with Crippen molar-refractivity contribution < 1.29 is 24.2 Å². The molecule has 144 valence electrons. The summed E-state index contributed by atoms with van der Waals surface area (Å²) in [6, 6.07) is 12.4. The monoisotopic (exact) mass is 387 g/mol. The van der Waals surface area contributed by atoms with Gasteiger partial charge in [0.2, 0.25) is 5.91 Å². The number of carbonyl (C=O) groups is 2. The third kappa shape index (κ3) is 2.27. The average Bonchev–Trinajstić information content (AvgIpc) is 3.23. The number of hydrogen-bond acceptors (Lipinski definition) is 6. The van der Waals surface area contributed by atoms with Gasteiger partial charge in [0.1, 0.15) is 11.7 Å². The van der Waals surface area contributed by atoms with Crippen molar-refractivity contribution in [1.82, 2.24) is 4.90 Å². The summed E-state index contributed by atoms with van der Waals surface area (Å²) < 4.78 is 5.82. The molecule has 2 aliphatic heterocycles. The number of furan rings is 1. The Morgan fingerprint density at radius 1 is 1.34 bits per heavy atom. The Balaban J connectivity index is 1.73. The predicted octanol–water partition coefficient (Wildman–Crippen LogP) is 1.53. The molecule has 0 spiro atoms. The number of hydrogen-bond donors (Lipinski definition) is 1. The fraction of sp³-hybridized carbons (Fsp3) is 0.227. The maximum atomic E-state index is 12.4. The Kier molecular flexibility index (Phi) is 3.57. The van der Waals surface area contributed by atoms with Gasteiger partial charge in [-0.25, -0.2) is 0 Å². The van der Waals surface area contributed by atoms with Crippen LogP contribution in [0.25, 0.3) is 27.5 Å². The van der Waals surface area contributed by atoms with E-state index >= 15 is 0 Å². The molecule has 1 fully saturated rings. The lowest BCUT2D eigenvalue weighted by Gasteiger charge is -2.45. The number of amides is 1. The first-order valence-electron chi connectivity index (χ1n) is 9.23. The summed E-state index contributed by atoms with van der Waals surface area (Å²) in [6.45, 7) is 1.52. The van der Waals surface area contributed by atoms with Gasteiger partial charge < -0.3 is 24.3 Å². The van der Waals surface area contributed by atoms with Crippen molar-refractivity contribution in [3.05, 3.63) is 53.2 Å². The van der Waals surface area contributed by atoms with Crippen LogP contribution in [0.15, 0.2) is 46.5 Å². The molecule has 1 saturated heterocycles. The van der Waals surface area contributed by atoms with Gasteiger partial charge in [0.25, 0.3) is 0 Å². The van der Waals surface area contributed by atoms with Crippen molar-refractivity contribution in [3.8, 4) is 6.07 Å². The number of nitrogens with zero attached hydrogens (tertiary/aromatic N) is 2. The Hall–Kier alpha value is -3.63. The minimum Gasteiger partial charge on any atom is -0.543 e. The molecule has 1 amide bonds. The predicted molar refractivity (Wildman–Crippen MR) is 101 cm³/mol. The molecule has 3 aromatic rings. The van der Waals surface area contributed by atoms with Gasteiger partial charge in [-0.1, -0.05) is 18.2 Å². The summed E-state index contributed by atoms with van der Waals surface area (Å²) in [5, 5.41) is 32.9. The Bertz CT molecular complexity index is 1290. The molecule has 2 aromatic carbocycles. The normalized spacial score (nSPS) is 22.0. The number of nitriles is 1. The van der Waals surface area contributed by atoms with Crippen LogP contribution < -0.4 is 5.11 Å². The number of aliphatic hydroxyl groups excluding tert-OH is 1. The SMILES string of the molecule is C[C@@H](O)[C@H]1C(=O)N2C(C(=O)[O-])=C(c3cc(C#N)c4oc5ccccc5c4c3)C[C@H]12. The van der Waals surface area contributed by atoms with Gasteiger partial charge in [0.05, 0.1) is 35.3 Å². The number of β-lactam (4-membered cyclic amide) rings is 1. The number of rotatable bonds is 3. The maximum absolute atomic E-state index is 12.4. The van der Waals surface area contributed by atoms with Crippen molar-refractivity contribution in [2.45, 2.75) is 25.5 Å². The number of carboxylic acids is 1. The van der Waals surface area contributed by atoms with E-state index in [1.165, 1.54) is 11.8 Å². The number of para-hydroxylation sites is 1. The lowest BCUT2D eigenvalue weighted by Crippen LogP contribution is -2.62. The van der Waals surface area contributed by atoms with Crippen LogP contribution in [0, 0.1) is 17.2 Å². The van der Waals surface area contributed by atoms with Crippen molar-refractivity contribution >= 4 is 39.4 Å². The first-order chi connectivity index (χ1) is 13.9. The molecule has 2 aliphatic rings. The Morgan fingerprint density at radius 2 is 2.10 bits per heavy atom. The lowest BCUT2D eigenvalue weighted by atomic mass is 9.82. The molecule has 0 aliphatic carbocycles. The van der Waals surface area contributed by atoms with Gasteiger partial charge in [0, 0.05) is 10.8 Å². The second-order valence-electron chi connectivity index (χ2n) is 7.47. The van der Waals surface area contributed by atoms with Crippen LogP contribution in [-0.4, -0.2) is 34.0 Å². The van der Waals surface area contributed by atoms with Crippen LogP contribution in [0.1, 0.15) is 24.5 Å². The molecular weight excluding hydrogens is 372 g/mol. The van der Waals surface area contributed by atoms with E-state index in [9.17, 15) is 25.1 Å². The molecule has 0 unspecified atom stereocenters. The number of aliphatic hydroxyl groups is 1. The minimum absolute atomic E-state index is 0.187. The van der Waals surface area contributed by atoms with Crippen LogP contribution in [0.4, 0.5) is 0 Å². The van der Waals surface area contributed by atoms with E-state index < -0.39 is 29.9 Å². The number of fused-ring (bicyclic) bond motifs is 4. The fourth-order valence-corrected chi connectivity index (χ4v) is 4.60. The van der Waals surface area contributed by atoms with E-state index in [1.807, 2.05) is 18.2 Å². The highest BCUT2D eigenvalue weighted by Crippen LogP contribution is 2.47. The second-order valence-corrected chi connectivity index (χ2v) is 7.47. The van der Waals surface area contributed by atoms with E-state index in [-0.39, 0.29) is 17.7 Å². The third-order valence-corrected chi connectivity index (χ3v) is 5.87. The van der Waals surface area contributed by atoms with Gasteiger partial charge in [0.15, 0.2) is 5.58 Å². The van der Waals surface area contributed by atoms with Crippen LogP contribution in [0.3, 0.4) is 0 Å². The van der Waals surface area contributed by atoms with Gasteiger partial charge >= 0.3 is 0 Å². The first-order valence-corrected chi connectivity index (χ1v) is 9.23. The summed E-state index contributed by atoms with van der Waals surface area (Å²) in [6.07, 6.45) is -0.599. The quantitative estimate of drug-likeness (QED) is 0.681. The molecule has 0 bridgehead atoms. The molecule has 0 saturated carbocycles. The second kappa shape index (κ2) is 5.93. The molecular formula is C22H15N2O5-. The zero-order chi connectivity index (χ0) is 20.4. The molecule has 7 nitrogen and oxygen atoms in total. The van der Waals surface area contributed by atoms with E-state index in [0.717, 1.165) is 5.39 Å². The fourth-order valence-electron chi connectivity index (χ4n) is 4.60. The lowest BCUT2D eigenvalue weighted by molar-refractivity contribution is -0.301. The van der Waals surface area contributed by atoms with Crippen molar-refractivity contribution in [2.24, 2.45) is 5.92 Å². The van der Waals surface area contributed by atoms with Gasteiger partial charge in [-0.3, -0.25) is 4.79 Å². The largest absolute Gasteiger partial charge is 0.543 e. The first kappa shape index (κ1) is 17.5. The molecule has 0 radical (unpaired) electrons. The van der Waals surface area contributed by atoms with Gasteiger partial charge in [-0.15, -0.1) is 0 Å². The van der Waals surface area contributed by atoms with Crippen molar-refractivity contribution in [2.75, 3.05) is 0 Å². The Labute approximate surface area is 165 Å². The maximum Gasteiger partial charge on any atom is 0.235 e. The average molecular weight is 387 g/mol. The molecule has 1 aromatic heterocycles.